The first-order chi connectivity index (χ1) is 13.0. The van der Waals surface area contributed by atoms with E-state index in [4.69, 9.17) is 14.2 Å². The van der Waals surface area contributed by atoms with Gasteiger partial charge in [-0.25, -0.2) is 0 Å². The van der Waals surface area contributed by atoms with Gasteiger partial charge in [-0.05, 0) is 19.3 Å². The molecule has 1 N–H and O–H groups in total. The van der Waals surface area contributed by atoms with Gasteiger partial charge in [0.1, 0.15) is 12.2 Å². The topological polar surface area (TPSA) is 103 Å². The summed E-state index contributed by atoms with van der Waals surface area (Å²) in [4.78, 5) is 25.8. The number of nitrogens with zero attached hydrogens (tertiary/aromatic N) is 2. The van der Waals surface area contributed by atoms with Gasteiger partial charge >= 0.3 is 0 Å². The quantitative estimate of drug-likeness (QED) is 0.412. The van der Waals surface area contributed by atoms with Crippen LogP contribution in [0.25, 0.3) is 0 Å². The number of fused-ring (bicyclic) bond motifs is 2. The van der Waals surface area contributed by atoms with Crippen molar-refractivity contribution in [2.24, 2.45) is 0 Å². The summed E-state index contributed by atoms with van der Waals surface area (Å²) in [6.07, 6.45) is 2.99. The highest BCUT2D eigenvalue weighted by atomic mass is 35.5. The first-order valence-electron chi connectivity index (χ1n) is 9.07. The third-order valence-corrected chi connectivity index (χ3v) is 5.06. The van der Waals surface area contributed by atoms with E-state index in [-0.39, 0.29) is 53.7 Å². The number of nitro benzene ring substituents is 1. The Morgan fingerprint density at radius 2 is 1.96 bits per heavy atom. The summed E-state index contributed by atoms with van der Waals surface area (Å²) in [7, 11) is 2.97. The molecule has 2 aliphatic heterocycles. The number of amides is 1. The fraction of sp³-hybridized carbons (Fsp3) is 0.611. The van der Waals surface area contributed by atoms with E-state index in [0.29, 0.717) is 25.7 Å². The van der Waals surface area contributed by atoms with E-state index in [1.54, 1.807) is 4.90 Å². The van der Waals surface area contributed by atoms with Crippen molar-refractivity contribution < 1.29 is 23.9 Å². The first kappa shape index (κ1) is 22.2. The molecule has 156 valence electrons. The van der Waals surface area contributed by atoms with Gasteiger partial charge in [0.2, 0.25) is 0 Å². The molecule has 2 unspecified atom stereocenters. The van der Waals surface area contributed by atoms with Crippen LogP contribution in [0.2, 0.25) is 0 Å². The number of hydrogen-bond acceptors (Lipinski definition) is 7. The van der Waals surface area contributed by atoms with E-state index in [2.05, 4.69) is 5.32 Å². The summed E-state index contributed by atoms with van der Waals surface area (Å²) in [5.74, 6) is 0.154. The lowest BCUT2D eigenvalue weighted by Crippen LogP contribution is -2.39. The molecule has 2 bridgehead atoms. The summed E-state index contributed by atoms with van der Waals surface area (Å²) in [6.45, 7) is 1.69. The number of carbonyl (C=O) groups excluding carboxylic acids is 1. The zero-order valence-corrected chi connectivity index (χ0v) is 16.8. The molecular formula is C18H26ClN3O6. The first-order valence-corrected chi connectivity index (χ1v) is 9.07. The van der Waals surface area contributed by atoms with Crippen LogP contribution >= 0.6 is 12.4 Å². The molecular weight excluding hydrogens is 390 g/mol. The third kappa shape index (κ3) is 4.84. The summed E-state index contributed by atoms with van der Waals surface area (Å²) in [6, 6.07) is 3.33. The van der Waals surface area contributed by atoms with E-state index in [1.165, 1.54) is 26.4 Å². The highest BCUT2D eigenvalue weighted by Gasteiger charge is 2.34. The number of ether oxygens (including phenoxy) is 3. The minimum absolute atomic E-state index is 0. The second-order valence-corrected chi connectivity index (χ2v) is 6.80. The number of nitrogens with one attached hydrogen (secondary N) is 1. The Labute approximate surface area is 169 Å². The summed E-state index contributed by atoms with van der Waals surface area (Å²) < 4.78 is 15.7. The maximum atomic E-state index is 13.1. The Morgan fingerprint density at radius 3 is 2.64 bits per heavy atom. The fourth-order valence-corrected chi connectivity index (χ4v) is 3.68. The van der Waals surface area contributed by atoms with Crippen molar-refractivity contribution in [2.45, 2.75) is 31.3 Å². The van der Waals surface area contributed by atoms with Crippen LogP contribution in [0.5, 0.6) is 11.5 Å². The monoisotopic (exact) mass is 415 g/mol. The van der Waals surface area contributed by atoms with Gasteiger partial charge in [0.15, 0.2) is 11.5 Å². The van der Waals surface area contributed by atoms with Crippen molar-refractivity contribution in [1.29, 1.82) is 0 Å². The van der Waals surface area contributed by atoms with E-state index >= 15 is 0 Å². The second kappa shape index (κ2) is 9.90. The minimum Gasteiger partial charge on any atom is -0.493 e. The van der Waals surface area contributed by atoms with Gasteiger partial charge < -0.3 is 24.4 Å². The molecule has 1 aromatic rings. The highest BCUT2D eigenvalue weighted by molar-refractivity contribution is 5.99. The maximum Gasteiger partial charge on any atom is 0.286 e. The molecule has 2 atom stereocenters. The fourth-order valence-electron chi connectivity index (χ4n) is 3.68. The predicted molar refractivity (Wildman–Crippen MR) is 105 cm³/mol. The van der Waals surface area contributed by atoms with E-state index in [0.717, 1.165) is 19.3 Å². The highest BCUT2D eigenvalue weighted by Crippen LogP contribution is 2.36. The summed E-state index contributed by atoms with van der Waals surface area (Å²) in [5.41, 5.74) is -0.260. The molecule has 0 aliphatic carbocycles. The lowest BCUT2D eigenvalue weighted by molar-refractivity contribution is -0.385. The normalized spacial score (nSPS) is 20.9. The Hall–Kier alpha value is -2.10. The Balaban J connectivity index is 0.00000280. The molecule has 10 heteroatoms. The lowest BCUT2D eigenvalue weighted by Gasteiger charge is -2.24. The van der Waals surface area contributed by atoms with Crippen molar-refractivity contribution in [3.05, 3.63) is 27.8 Å². The van der Waals surface area contributed by atoms with Crippen molar-refractivity contribution in [1.82, 2.24) is 10.2 Å². The molecule has 2 aliphatic rings. The van der Waals surface area contributed by atoms with Gasteiger partial charge in [0.05, 0.1) is 24.7 Å². The van der Waals surface area contributed by atoms with Gasteiger partial charge in [-0.15, -0.1) is 12.4 Å². The number of rotatable bonds is 7. The van der Waals surface area contributed by atoms with Crippen molar-refractivity contribution >= 4 is 24.0 Å². The van der Waals surface area contributed by atoms with E-state index in [9.17, 15) is 14.9 Å². The van der Waals surface area contributed by atoms with Crippen LogP contribution in [-0.2, 0) is 4.74 Å². The van der Waals surface area contributed by atoms with Crippen molar-refractivity contribution in [2.75, 3.05) is 40.5 Å². The molecule has 1 amide bonds. The average Bonchev–Trinajstić information content (AvgIpc) is 2.99. The van der Waals surface area contributed by atoms with Gasteiger partial charge in [-0.3, -0.25) is 14.9 Å². The maximum absolute atomic E-state index is 13.1. The van der Waals surface area contributed by atoms with Gasteiger partial charge in [0, 0.05) is 38.3 Å². The van der Waals surface area contributed by atoms with Crippen molar-refractivity contribution in [3.63, 3.8) is 0 Å². The largest absolute Gasteiger partial charge is 0.493 e. The molecule has 28 heavy (non-hydrogen) atoms. The van der Waals surface area contributed by atoms with Gasteiger partial charge in [0.25, 0.3) is 11.6 Å². The van der Waals surface area contributed by atoms with Crippen LogP contribution in [-0.4, -0.2) is 68.3 Å². The van der Waals surface area contributed by atoms with Crippen LogP contribution < -0.4 is 14.8 Å². The van der Waals surface area contributed by atoms with E-state index < -0.39 is 4.92 Å². The number of carbonyl (C=O) groups is 1. The number of hydrogen-bond donors (Lipinski definition) is 1. The molecule has 1 aromatic carbocycles. The predicted octanol–water partition coefficient (Wildman–Crippen LogP) is 2.02. The number of halogens is 1. The molecule has 9 nitrogen and oxygen atoms in total. The van der Waals surface area contributed by atoms with Crippen LogP contribution in [0.4, 0.5) is 5.69 Å². The molecule has 3 rings (SSSR count). The lowest BCUT2D eigenvalue weighted by atomic mass is 10.1. The van der Waals surface area contributed by atoms with Crippen molar-refractivity contribution in [3.8, 4) is 11.5 Å². The average molecular weight is 416 g/mol. The standard InChI is InChI=1S/C18H25N3O6.ClH/c1-25-7-8-27-17-10-15(21(23)24)14(9-16(17)26-2)18(22)20-6-5-12-3-4-13(11-20)19-12;/h9-10,12-13,19H,3-8,11H2,1-2H3;1H. The second-order valence-electron chi connectivity index (χ2n) is 6.80. The molecule has 0 spiro atoms. The SMILES string of the molecule is COCCOc1cc([N+](=O)[O-])c(C(=O)N2CCC3CCC(C2)N3)cc1OC.Cl. The third-order valence-electron chi connectivity index (χ3n) is 5.06. The van der Waals surface area contributed by atoms with Crippen LogP contribution in [0.3, 0.4) is 0 Å². The Bertz CT molecular complexity index is 717. The molecule has 2 fully saturated rings. The zero-order chi connectivity index (χ0) is 19.4. The smallest absolute Gasteiger partial charge is 0.286 e. The summed E-state index contributed by atoms with van der Waals surface area (Å²) in [5, 5.41) is 15.1. The molecule has 0 aromatic heterocycles. The van der Waals surface area contributed by atoms with Crippen LogP contribution in [0, 0.1) is 10.1 Å². The number of benzene rings is 1. The molecule has 0 radical (unpaired) electrons. The molecule has 2 heterocycles. The summed E-state index contributed by atoms with van der Waals surface area (Å²) >= 11 is 0. The number of methoxy groups -OCH3 is 2. The number of likely N-dealkylation sites (tertiary alicyclic amines) is 1. The van der Waals surface area contributed by atoms with E-state index in [1.807, 2.05) is 0 Å². The van der Waals surface area contributed by atoms with Gasteiger partial charge in [-0.2, -0.15) is 0 Å². The Morgan fingerprint density at radius 1 is 1.21 bits per heavy atom. The number of nitro groups is 1. The minimum atomic E-state index is -0.557. The van der Waals surface area contributed by atoms with Crippen LogP contribution in [0.1, 0.15) is 29.6 Å². The van der Waals surface area contributed by atoms with Gasteiger partial charge in [-0.1, -0.05) is 0 Å². The Kier molecular flexibility index (Phi) is 7.85. The molecule has 0 saturated carbocycles. The van der Waals surface area contributed by atoms with Crippen LogP contribution in [0.15, 0.2) is 12.1 Å². The molecule has 2 saturated heterocycles. The zero-order valence-electron chi connectivity index (χ0n) is 16.0.